The number of methoxy groups -OCH3 is 1. The van der Waals surface area contributed by atoms with Gasteiger partial charge in [-0.2, -0.15) is 0 Å². The third-order valence-electron chi connectivity index (χ3n) is 3.92. The van der Waals surface area contributed by atoms with Crippen molar-refractivity contribution in [3.63, 3.8) is 0 Å². The van der Waals surface area contributed by atoms with Gasteiger partial charge in [-0.1, -0.05) is 12.1 Å². The number of halogens is 1. The van der Waals surface area contributed by atoms with Gasteiger partial charge in [-0.15, -0.1) is 12.4 Å². The largest absolute Gasteiger partial charge is 0.493 e. The summed E-state index contributed by atoms with van der Waals surface area (Å²) in [6.45, 7) is 4.48. The standard InChI is InChI=1S/C20H25N3O4.ClH/c1-4-22-19(24)12-27-17-8-6-14(9-18(17)26-3)11-23-20(25)16-10-15(21)7-5-13(16)2;/h5-10H,4,11-12,21H2,1-3H3,(H,22,24)(H,23,25);1H. The Bertz CT molecular complexity index is 827. The van der Waals surface area contributed by atoms with E-state index in [4.69, 9.17) is 15.2 Å². The molecule has 0 spiro atoms. The first kappa shape index (κ1) is 23.1. The quantitative estimate of drug-likeness (QED) is 0.583. The van der Waals surface area contributed by atoms with Crippen molar-refractivity contribution in [3.05, 3.63) is 53.1 Å². The first-order chi connectivity index (χ1) is 12.9. The van der Waals surface area contributed by atoms with E-state index in [-0.39, 0.29) is 30.8 Å². The van der Waals surface area contributed by atoms with Crippen LogP contribution < -0.4 is 25.8 Å². The zero-order chi connectivity index (χ0) is 19.8. The molecule has 0 radical (unpaired) electrons. The lowest BCUT2D eigenvalue weighted by atomic mass is 10.1. The normalized spacial score (nSPS) is 9.82. The van der Waals surface area contributed by atoms with E-state index in [1.54, 1.807) is 24.3 Å². The van der Waals surface area contributed by atoms with Gasteiger partial charge in [-0.25, -0.2) is 0 Å². The van der Waals surface area contributed by atoms with Crippen molar-refractivity contribution in [1.82, 2.24) is 10.6 Å². The van der Waals surface area contributed by atoms with Gasteiger partial charge in [0.05, 0.1) is 7.11 Å². The summed E-state index contributed by atoms with van der Waals surface area (Å²) in [6.07, 6.45) is 0. The highest BCUT2D eigenvalue weighted by atomic mass is 35.5. The first-order valence-corrected chi connectivity index (χ1v) is 8.65. The number of nitrogens with one attached hydrogen (secondary N) is 2. The molecule has 0 aliphatic heterocycles. The number of aryl methyl sites for hydroxylation is 1. The molecular formula is C20H26ClN3O4. The maximum Gasteiger partial charge on any atom is 0.257 e. The molecule has 0 saturated carbocycles. The fourth-order valence-electron chi connectivity index (χ4n) is 2.49. The molecule has 0 aliphatic carbocycles. The molecular weight excluding hydrogens is 382 g/mol. The van der Waals surface area contributed by atoms with Crippen molar-refractivity contribution < 1.29 is 19.1 Å². The van der Waals surface area contributed by atoms with Crippen LogP contribution in [0.1, 0.15) is 28.4 Å². The number of carbonyl (C=O) groups excluding carboxylic acids is 2. The van der Waals surface area contributed by atoms with Crippen LogP contribution in [-0.2, 0) is 11.3 Å². The van der Waals surface area contributed by atoms with Gasteiger partial charge >= 0.3 is 0 Å². The van der Waals surface area contributed by atoms with Crippen molar-refractivity contribution in [1.29, 1.82) is 0 Å². The van der Waals surface area contributed by atoms with Gasteiger partial charge in [-0.05, 0) is 49.2 Å². The van der Waals surface area contributed by atoms with Gasteiger partial charge < -0.3 is 25.8 Å². The molecule has 0 atom stereocenters. The van der Waals surface area contributed by atoms with Gasteiger partial charge in [0.15, 0.2) is 18.1 Å². The number of anilines is 1. The third kappa shape index (κ3) is 6.35. The van der Waals surface area contributed by atoms with Crippen LogP contribution in [0.15, 0.2) is 36.4 Å². The maximum atomic E-state index is 12.4. The number of hydrogen-bond donors (Lipinski definition) is 3. The Kier molecular flexibility index (Phi) is 9.11. The minimum absolute atomic E-state index is 0. The number of nitrogen functional groups attached to an aromatic ring is 1. The zero-order valence-electron chi connectivity index (χ0n) is 16.2. The fourth-order valence-corrected chi connectivity index (χ4v) is 2.49. The number of nitrogens with two attached hydrogens (primary N) is 1. The average molecular weight is 408 g/mol. The lowest BCUT2D eigenvalue weighted by molar-refractivity contribution is -0.123. The summed E-state index contributed by atoms with van der Waals surface area (Å²) in [7, 11) is 1.52. The smallest absolute Gasteiger partial charge is 0.257 e. The molecule has 0 fully saturated rings. The topological polar surface area (TPSA) is 103 Å². The monoisotopic (exact) mass is 407 g/mol. The van der Waals surface area contributed by atoms with Crippen LogP contribution in [0.2, 0.25) is 0 Å². The average Bonchev–Trinajstić information content (AvgIpc) is 2.66. The number of ether oxygens (including phenoxy) is 2. The molecule has 0 aromatic heterocycles. The van der Waals surface area contributed by atoms with Gasteiger partial charge in [-0.3, -0.25) is 9.59 Å². The highest BCUT2D eigenvalue weighted by molar-refractivity contribution is 5.96. The van der Waals surface area contributed by atoms with Crippen LogP contribution in [0.3, 0.4) is 0 Å². The number of benzene rings is 2. The molecule has 4 N–H and O–H groups in total. The lowest BCUT2D eigenvalue weighted by Gasteiger charge is -2.13. The van der Waals surface area contributed by atoms with Crippen LogP contribution >= 0.6 is 12.4 Å². The Hall–Kier alpha value is -2.93. The Morgan fingerprint density at radius 1 is 1.07 bits per heavy atom. The molecule has 8 heteroatoms. The highest BCUT2D eigenvalue weighted by Crippen LogP contribution is 2.28. The summed E-state index contributed by atoms with van der Waals surface area (Å²) >= 11 is 0. The summed E-state index contributed by atoms with van der Waals surface area (Å²) in [4.78, 5) is 23.9. The SMILES string of the molecule is CCNC(=O)COc1ccc(CNC(=O)c2cc(N)ccc2C)cc1OC.Cl. The van der Waals surface area contributed by atoms with Crippen molar-refractivity contribution in [2.45, 2.75) is 20.4 Å². The van der Waals surface area contributed by atoms with Crippen molar-refractivity contribution in [2.75, 3.05) is 26.0 Å². The van der Waals surface area contributed by atoms with Gasteiger partial charge in [0.25, 0.3) is 11.8 Å². The Morgan fingerprint density at radius 2 is 1.82 bits per heavy atom. The minimum atomic E-state index is -0.201. The fraction of sp³-hybridized carbons (Fsp3) is 0.300. The molecule has 152 valence electrons. The van der Waals surface area contributed by atoms with Crippen LogP contribution in [-0.4, -0.2) is 32.1 Å². The van der Waals surface area contributed by atoms with Gasteiger partial charge in [0.1, 0.15) is 0 Å². The van der Waals surface area contributed by atoms with Crippen molar-refractivity contribution in [3.8, 4) is 11.5 Å². The second-order valence-corrected chi connectivity index (χ2v) is 5.98. The molecule has 28 heavy (non-hydrogen) atoms. The molecule has 2 aromatic carbocycles. The van der Waals surface area contributed by atoms with E-state index in [2.05, 4.69) is 10.6 Å². The van der Waals surface area contributed by atoms with E-state index in [0.29, 0.717) is 35.8 Å². The summed E-state index contributed by atoms with van der Waals surface area (Å²) in [5, 5.41) is 5.53. The van der Waals surface area contributed by atoms with E-state index in [0.717, 1.165) is 11.1 Å². The van der Waals surface area contributed by atoms with E-state index >= 15 is 0 Å². The maximum absolute atomic E-state index is 12.4. The number of hydrogen-bond acceptors (Lipinski definition) is 5. The predicted octanol–water partition coefficient (Wildman–Crippen LogP) is 2.45. The molecule has 0 bridgehead atoms. The molecule has 0 aliphatic rings. The summed E-state index contributed by atoms with van der Waals surface area (Å²) in [5.41, 5.74) is 8.54. The molecule has 0 unspecified atom stereocenters. The van der Waals surface area contributed by atoms with Crippen molar-refractivity contribution >= 4 is 29.9 Å². The molecule has 2 aromatic rings. The van der Waals surface area contributed by atoms with Crippen LogP contribution in [0.4, 0.5) is 5.69 Å². The Balaban J connectivity index is 0.00000392. The Labute approximate surface area is 171 Å². The molecule has 2 amide bonds. The van der Waals surface area contributed by atoms with Crippen LogP contribution in [0.25, 0.3) is 0 Å². The van der Waals surface area contributed by atoms with Gasteiger partial charge in [0.2, 0.25) is 0 Å². The van der Waals surface area contributed by atoms with E-state index in [1.165, 1.54) is 7.11 Å². The predicted molar refractivity (Wildman–Crippen MR) is 111 cm³/mol. The molecule has 2 rings (SSSR count). The Morgan fingerprint density at radius 3 is 2.50 bits per heavy atom. The second-order valence-electron chi connectivity index (χ2n) is 5.98. The second kappa shape index (κ2) is 11.0. The number of amides is 2. The van der Waals surface area contributed by atoms with E-state index < -0.39 is 0 Å². The molecule has 0 heterocycles. The summed E-state index contributed by atoms with van der Waals surface area (Å²) in [5.74, 6) is 0.556. The molecule has 0 saturated heterocycles. The summed E-state index contributed by atoms with van der Waals surface area (Å²) < 4.78 is 10.8. The first-order valence-electron chi connectivity index (χ1n) is 8.65. The minimum Gasteiger partial charge on any atom is -0.493 e. The summed E-state index contributed by atoms with van der Waals surface area (Å²) in [6, 6.07) is 10.5. The molecule has 7 nitrogen and oxygen atoms in total. The number of likely N-dealkylation sites (N-methyl/N-ethyl adjacent to an activating group) is 1. The van der Waals surface area contributed by atoms with Crippen LogP contribution in [0, 0.1) is 6.92 Å². The lowest BCUT2D eigenvalue weighted by Crippen LogP contribution is -2.28. The van der Waals surface area contributed by atoms with Crippen LogP contribution in [0.5, 0.6) is 11.5 Å². The highest BCUT2D eigenvalue weighted by Gasteiger charge is 2.11. The number of rotatable bonds is 8. The van der Waals surface area contributed by atoms with E-state index in [9.17, 15) is 9.59 Å². The number of carbonyl (C=O) groups is 2. The van der Waals surface area contributed by atoms with Gasteiger partial charge in [0, 0.05) is 24.3 Å². The van der Waals surface area contributed by atoms with E-state index in [1.807, 2.05) is 26.0 Å². The zero-order valence-corrected chi connectivity index (χ0v) is 17.0. The third-order valence-corrected chi connectivity index (χ3v) is 3.92. The van der Waals surface area contributed by atoms with Crippen molar-refractivity contribution in [2.24, 2.45) is 0 Å².